The number of allylic oxidation sites excluding steroid dienone is 1. The third kappa shape index (κ3) is 8.03. The van der Waals surface area contributed by atoms with Gasteiger partial charge in [-0.2, -0.15) is 0 Å². The molecule has 0 aliphatic carbocycles. The van der Waals surface area contributed by atoms with Crippen LogP contribution in [0.3, 0.4) is 0 Å². The van der Waals surface area contributed by atoms with Gasteiger partial charge >= 0.3 is 0 Å². The maximum absolute atomic E-state index is 13.2. The second-order valence-electron chi connectivity index (χ2n) is 8.77. The quantitative estimate of drug-likeness (QED) is 0.153. The summed E-state index contributed by atoms with van der Waals surface area (Å²) in [6.07, 6.45) is 4.72. The number of amides is 2. The van der Waals surface area contributed by atoms with Gasteiger partial charge in [0.1, 0.15) is 17.2 Å². The first-order chi connectivity index (χ1) is 19.9. The smallest absolute Gasteiger partial charge is 0.272 e. The Bertz CT molecular complexity index is 1610. The molecule has 0 aliphatic rings. The highest BCUT2D eigenvalue weighted by Crippen LogP contribution is 2.26. The van der Waals surface area contributed by atoms with Crippen LogP contribution >= 0.6 is 15.9 Å². The molecular weight excluding hydrogens is 584 g/mol. The highest BCUT2D eigenvalue weighted by atomic mass is 79.9. The molecule has 0 radical (unpaired) electrons. The second-order valence-corrected chi connectivity index (χ2v) is 9.69. The molecule has 0 heterocycles. The van der Waals surface area contributed by atoms with Crippen LogP contribution < -0.4 is 20.1 Å². The molecule has 0 bridgehead atoms. The van der Waals surface area contributed by atoms with Gasteiger partial charge < -0.3 is 20.1 Å². The minimum absolute atomic E-state index is 0.0634. The molecule has 0 atom stereocenters. The van der Waals surface area contributed by atoms with Crippen LogP contribution in [0.25, 0.3) is 12.2 Å². The summed E-state index contributed by atoms with van der Waals surface area (Å²) in [6, 6.07) is 27.8. The zero-order valence-corrected chi connectivity index (χ0v) is 24.0. The molecule has 0 aromatic heterocycles. The van der Waals surface area contributed by atoms with Crippen LogP contribution in [0.15, 0.2) is 113 Å². The summed E-state index contributed by atoms with van der Waals surface area (Å²) < 4.78 is 11.4. The Morgan fingerprint density at radius 2 is 1.54 bits per heavy atom. The van der Waals surface area contributed by atoms with Crippen molar-refractivity contribution in [3.63, 3.8) is 0 Å². The molecule has 2 amide bonds. The maximum atomic E-state index is 13.2. The van der Waals surface area contributed by atoms with Crippen molar-refractivity contribution in [1.82, 2.24) is 5.32 Å². The van der Waals surface area contributed by atoms with Crippen LogP contribution in [0.2, 0.25) is 0 Å². The molecule has 41 heavy (non-hydrogen) atoms. The summed E-state index contributed by atoms with van der Waals surface area (Å²) in [5.74, 6) is 0.0870. The lowest BCUT2D eigenvalue weighted by molar-refractivity contribution is -0.113. The van der Waals surface area contributed by atoms with E-state index in [1.165, 1.54) is 6.08 Å². The minimum Gasteiger partial charge on any atom is -0.497 e. The summed E-state index contributed by atoms with van der Waals surface area (Å²) in [5.41, 5.74) is 2.83. The predicted molar refractivity (Wildman–Crippen MR) is 164 cm³/mol. The monoisotopic (exact) mass is 610 g/mol. The number of hydrogen-bond donors (Lipinski definition) is 2. The number of benzene rings is 4. The zero-order valence-electron chi connectivity index (χ0n) is 22.4. The molecule has 0 saturated carbocycles. The Balaban J connectivity index is 1.49. The van der Waals surface area contributed by atoms with Crippen LogP contribution in [0.4, 0.5) is 5.69 Å². The number of anilines is 1. The largest absolute Gasteiger partial charge is 0.497 e. The van der Waals surface area contributed by atoms with Gasteiger partial charge in [-0.05, 0) is 84.5 Å². The molecule has 0 spiro atoms. The molecule has 0 fully saturated rings. The lowest BCUT2D eigenvalue weighted by Crippen LogP contribution is -2.30. The topological polar surface area (TPSA) is 93.7 Å². The third-order valence-corrected chi connectivity index (χ3v) is 6.46. The Kier molecular flexibility index (Phi) is 9.85. The van der Waals surface area contributed by atoms with E-state index in [-0.39, 0.29) is 11.5 Å². The standard InChI is InChI=1S/C33H27BrN2O5/c1-40-28-17-13-24(31(21-28)41-2)14-18-30(37)23-11-15-27(16-12-23)35-33(39)29(20-22-7-6-10-26(34)19-22)36-32(38)25-8-4-3-5-9-25/h3-21H,1-2H3,(H,35,39)(H,36,38)/b18-14+,29-20-. The van der Waals surface area contributed by atoms with Gasteiger partial charge in [0.25, 0.3) is 11.8 Å². The molecule has 4 aromatic carbocycles. The van der Waals surface area contributed by atoms with Crippen molar-refractivity contribution >= 4 is 51.4 Å². The van der Waals surface area contributed by atoms with Crippen molar-refractivity contribution in [3.8, 4) is 11.5 Å². The van der Waals surface area contributed by atoms with E-state index in [0.29, 0.717) is 28.3 Å². The second kappa shape index (κ2) is 13.9. The molecule has 8 heteroatoms. The van der Waals surface area contributed by atoms with Crippen LogP contribution in [-0.4, -0.2) is 31.8 Å². The Morgan fingerprint density at radius 1 is 0.780 bits per heavy atom. The highest BCUT2D eigenvalue weighted by molar-refractivity contribution is 9.10. The number of carbonyl (C=O) groups excluding carboxylic acids is 3. The van der Waals surface area contributed by atoms with Gasteiger partial charge in [-0.1, -0.05) is 46.3 Å². The van der Waals surface area contributed by atoms with Crippen molar-refractivity contribution in [2.75, 3.05) is 19.5 Å². The number of nitrogens with one attached hydrogen (secondary N) is 2. The number of hydrogen-bond acceptors (Lipinski definition) is 5. The molecule has 206 valence electrons. The van der Waals surface area contributed by atoms with E-state index >= 15 is 0 Å². The fourth-order valence-corrected chi connectivity index (χ4v) is 4.26. The van der Waals surface area contributed by atoms with Crippen molar-refractivity contribution in [2.45, 2.75) is 0 Å². The fraction of sp³-hybridized carbons (Fsp3) is 0.0606. The number of halogens is 1. The van der Waals surface area contributed by atoms with Crippen molar-refractivity contribution in [3.05, 3.63) is 136 Å². The van der Waals surface area contributed by atoms with E-state index < -0.39 is 11.8 Å². The van der Waals surface area contributed by atoms with E-state index in [9.17, 15) is 14.4 Å². The summed E-state index contributed by atoms with van der Waals surface area (Å²) >= 11 is 3.43. The Morgan fingerprint density at radius 3 is 2.22 bits per heavy atom. The number of methoxy groups -OCH3 is 2. The van der Waals surface area contributed by atoms with Crippen molar-refractivity contribution < 1.29 is 23.9 Å². The van der Waals surface area contributed by atoms with E-state index in [1.54, 1.807) is 93.1 Å². The Labute approximate surface area is 246 Å². The predicted octanol–water partition coefficient (Wildman–Crippen LogP) is 6.77. The average molecular weight is 611 g/mol. The van der Waals surface area contributed by atoms with Crippen LogP contribution in [0.1, 0.15) is 31.8 Å². The number of carbonyl (C=O) groups is 3. The normalized spacial score (nSPS) is 11.1. The van der Waals surface area contributed by atoms with Gasteiger partial charge in [0, 0.05) is 32.9 Å². The lowest BCUT2D eigenvalue weighted by Gasteiger charge is -2.12. The SMILES string of the molecule is COc1ccc(/C=C/C(=O)c2ccc(NC(=O)/C(=C/c3cccc(Br)c3)NC(=O)c3ccccc3)cc2)c(OC)c1. The zero-order chi connectivity index (χ0) is 29.2. The first-order valence-electron chi connectivity index (χ1n) is 12.6. The van der Waals surface area contributed by atoms with Crippen LogP contribution in [-0.2, 0) is 4.79 Å². The molecule has 0 aliphatic heterocycles. The summed E-state index contributed by atoms with van der Waals surface area (Å²) in [7, 11) is 3.12. The van der Waals surface area contributed by atoms with Gasteiger partial charge in [0.15, 0.2) is 5.78 Å². The summed E-state index contributed by atoms with van der Waals surface area (Å²) in [6.45, 7) is 0. The average Bonchev–Trinajstić information content (AvgIpc) is 3.00. The van der Waals surface area contributed by atoms with E-state index in [1.807, 2.05) is 30.3 Å². The number of rotatable bonds is 10. The molecule has 2 N–H and O–H groups in total. The first-order valence-corrected chi connectivity index (χ1v) is 13.3. The van der Waals surface area contributed by atoms with E-state index in [4.69, 9.17) is 9.47 Å². The Hall–Kier alpha value is -4.95. The molecule has 7 nitrogen and oxygen atoms in total. The van der Waals surface area contributed by atoms with Gasteiger partial charge in [-0.15, -0.1) is 0 Å². The third-order valence-electron chi connectivity index (χ3n) is 5.97. The first kappa shape index (κ1) is 29.0. The number of ether oxygens (including phenoxy) is 2. The fourth-order valence-electron chi connectivity index (χ4n) is 3.84. The molecule has 0 saturated heterocycles. The van der Waals surface area contributed by atoms with Gasteiger partial charge in [-0.3, -0.25) is 14.4 Å². The molecular formula is C33H27BrN2O5. The van der Waals surface area contributed by atoms with Crippen LogP contribution in [0, 0.1) is 0 Å². The minimum atomic E-state index is -0.514. The molecule has 4 aromatic rings. The molecule has 4 rings (SSSR count). The van der Waals surface area contributed by atoms with Crippen LogP contribution in [0.5, 0.6) is 11.5 Å². The van der Waals surface area contributed by atoms with Crippen molar-refractivity contribution in [2.24, 2.45) is 0 Å². The maximum Gasteiger partial charge on any atom is 0.272 e. The van der Waals surface area contributed by atoms with E-state index in [2.05, 4.69) is 26.6 Å². The van der Waals surface area contributed by atoms with Crippen molar-refractivity contribution in [1.29, 1.82) is 0 Å². The van der Waals surface area contributed by atoms with E-state index in [0.717, 1.165) is 15.6 Å². The van der Waals surface area contributed by atoms with Gasteiger partial charge in [-0.25, -0.2) is 0 Å². The summed E-state index contributed by atoms with van der Waals surface area (Å²) in [5, 5.41) is 5.51. The van der Waals surface area contributed by atoms with Gasteiger partial charge in [0.2, 0.25) is 0 Å². The summed E-state index contributed by atoms with van der Waals surface area (Å²) in [4.78, 5) is 38.8. The molecule has 0 unspecified atom stereocenters. The van der Waals surface area contributed by atoms with Gasteiger partial charge in [0.05, 0.1) is 14.2 Å². The highest BCUT2D eigenvalue weighted by Gasteiger charge is 2.15. The number of ketones is 1. The lowest BCUT2D eigenvalue weighted by atomic mass is 10.1.